The maximum Gasteiger partial charge on any atom is 0.271 e. The van der Waals surface area contributed by atoms with Crippen molar-refractivity contribution in [2.75, 3.05) is 6.61 Å². The maximum absolute atomic E-state index is 10.6. The van der Waals surface area contributed by atoms with Gasteiger partial charge in [0.15, 0.2) is 5.15 Å². The number of rotatable bonds is 4. The summed E-state index contributed by atoms with van der Waals surface area (Å²) < 4.78 is 5.33. The molecule has 0 radical (unpaired) electrons. The number of hydrogen-bond donors (Lipinski definition) is 0. The van der Waals surface area contributed by atoms with Crippen LogP contribution in [0.3, 0.4) is 0 Å². The average Bonchev–Trinajstić information content (AvgIpc) is 2.35. The lowest BCUT2D eigenvalue weighted by Crippen LogP contribution is -2.00. The molecule has 0 aliphatic rings. The number of non-ortho nitro benzene ring substituents is 1. The van der Waals surface area contributed by atoms with Gasteiger partial charge in [-0.05, 0) is 12.5 Å². The quantitative estimate of drug-likeness (QED) is 0.628. The van der Waals surface area contributed by atoms with Crippen molar-refractivity contribution in [2.24, 2.45) is 0 Å². The third-order valence-corrected chi connectivity index (χ3v) is 2.48. The average molecular weight is 268 g/mol. The molecule has 0 spiro atoms. The molecular weight excluding hydrogens is 258 g/mol. The summed E-state index contributed by atoms with van der Waals surface area (Å²) in [5, 5.41) is 10.7. The van der Waals surface area contributed by atoms with E-state index in [0.29, 0.717) is 17.6 Å². The molecule has 7 heteroatoms. The number of ether oxygens (including phenoxy) is 1. The minimum Gasteiger partial charge on any atom is -0.475 e. The van der Waals surface area contributed by atoms with Gasteiger partial charge in [-0.15, -0.1) is 0 Å². The molecule has 0 N–H and O–H groups in total. The molecule has 0 unspecified atom stereocenters. The Hall–Kier alpha value is -1.95. The van der Waals surface area contributed by atoms with Gasteiger partial charge in [0.25, 0.3) is 11.6 Å². The van der Waals surface area contributed by atoms with Crippen molar-refractivity contribution in [3.63, 3.8) is 0 Å². The van der Waals surface area contributed by atoms with Gasteiger partial charge < -0.3 is 4.74 Å². The molecule has 0 bridgehead atoms. The highest BCUT2D eigenvalue weighted by atomic mass is 35.5. The summed E-state index contributed by atoms with van der Waals surface area (Å²) in [6.45, 7) is 2.46. The monoisotopic (exact) mass is 267 g/mol. The second-order valence-corrected chi connectivity index (χ2v) is 3.96. The van der Waals surface area contributed by atoms with E-state index < -0.39 is 4.92 Å². The van der Waals surface area contributed by atoms with Gasteiger partial charge in [0.2, 0.25) is 0 Å². The van der Waals surface area contributed by atoms with E-state index in [1.165, 1.54) is 18.2 Å². The number of nitrogens with zero attached hydrogens (tertiary/aromatic N) is 3. The molecule has 0 amide bonds. The molecule has 94 valence electrons. The van der Waals surface area contributed by atoms with Crippen LogP contribution in [0.15, 0.2) is 18.2 Å². The van der Waals surface area contributed by atoms with E-state index in [4.69, 9.17) is 16.3 Å². The Morgan fingerprint density at radius 2 is 2.17 bits per heavy atom. The second kappa shape index (κ2) is 5.14. The molecular formula is C11H10ClN3O3. The highest BCUT2D eigenvalue weighted by Crippen LogP contribution is 2.25. The predicted molar refractivity (Wildman–Crippen MR) is 67.0 cm³/mol. The molecule has 2 rings (SSSR count). The molecule has 1 aromatic heterocycles. The molecule has 0 aliphatic heterocycles. The van der Waals surface area contributed by atoms with Gasteiger partial charge in [0.1, 0.15) is 0 Å². The standard InChI is InChI=1S/C11H10ClN3O3/c1-2-5-18-11-10(12)13-9-6-7(15(16)17)3-4-8(9)14-11/h3-4,6H,2,5H2,1H3. The molecule has 2 aromatic rings. The molecule has 6 nitrogen and oxygen atoms in total. The molecule has 18 heavy (non-hydrogen) atoms. The number of fused-ring (bicyclic) bond motifs is 1. The van der Waals surface area contributed by atoms with Crippen molar-refractivity contribution in [3.05, 3.63) is 33.5 Å². The number of hydrogen-bond acceptors (Lipinski definition) is 5. The van der Waals surface area contributed by atoms with Gasteiger partial charge in [0.05, 0.1) is 22.6 Å². The fourth-order valence-corrected chi connectivity index (χ4v) is 1.60. The lowest BCUT2D eigenvalue weighted by molar-refractivity contribution is -0.384. The van der Waals surface area contributed by atoms with Crippen LogP contribution >= 0.6 is 11.6 Å². The molecule has 0 saturated carbocycles. The zero-order valence-corrected chi connectivity index (χ0v) is 10.3. The smallest absolute Gasteiger partial charge is 0.271 e. The van der Waals surface area contributed by atoms with Crippen molar-refractivity contribution in [1.29, 1.82) is 0 Å². The van der Waals surface area contributed by atoms with Crippen LogP contribution in [-0.2, 0) is 0 Å². The summed E-state index contributed by atoms with van der Waals surface area (Å²) in [7, 11) is 0. The van der Waals surface area contributed by atoms with Crippen LogP contribution in [0.25, 0.3) is 11.0 Å². The van der Waals surface area contributed by atoms with Crippen molar-refractivity contribution in [3.8, 4) is 5.88 Å². The van der Waals surface area contributed by atoms with E-state index in [-0.39, 0.29) is 16.7 Å². The van der Waals surface area contributed by atoms with Crippen molar-refractivity contribution in [1.82, 2.24) is 9.97 Å². The Morgan fingerprint density at radius 3 is 2.83 bits per heavy atom. The number of nitro groups is 1. The van der Waals surface area contributed by atoms with E-state index in [9.17, 15) is 10.1 Å². The number of halogens is 1. The van der Waals surface area contributed by atoms with Gasteiger partial charge in [0, 0.05) is 12.1 Å². The first-order valence-corrected chi connectivity index (χ1v) is 5.74. The summed E-state index contributed by atoms with van der Waals surface area (Å²) in [5.41, 5.74) is 0.837. The molecule has 0 atom stereocenters. The number of nitro benzene ring substituents is 1. The first kappa shape index (κ1) is 12.5. The van der Waals surface area contributed by atoms with E-state index in [1.54, 1.807) is 0 Å². The van der Waals surface area contributed by atoms with Gasteiger partial charge in [-0.3, -0.25) is 10.1 Å². The zero-order valence-electron chi connectivity index (χ0n) is 9.59. The SMILES string of the molecule is CCCOc1nc2ccc([N+](=O)[O-])cc2nc1Cl. The van der Waals surface area contributed by atoms with Crippen molar-refractivity contribution >= 4 is 28.3 Å². The summed E-state index contributed by atoms with van der Waals surface area (Å²) in [4.78, 5) is 18.4. The summed E-state index contributed by atoms with van der Waals surface area (Å²) in [6, 6.07) is 4.22. The third-order valence-electron chi connectivity index (χ3n) is 2.23. The van der Waals surface area contributed by atoms with E-state index in [1.807, 2.05) is 6.92 Å². The summed E-state index contributed by atoms with van der Waals surface area (Å²) >= 11 is 5.90. The van der Waals surface area contributed by atoms with Crippen LogP contribution in [0, 0.1) is 10.1 Å². The van der Waals surface area contributed by atoms with Crippen LogP contribution in [0.1, 0.15) is 13.3 Å². The second-order valence-electron chi connectivity index (χ2n) is 3.60. The van der Waals surface area contributed by atoms with Gasteiger partial charge >= 0.3 is 0 Å². The van der Waals surface area contributed by atoms with Gasteiger partial charge in [-0.1, -0.05) is 18.5 Å². The fraction of sp³-hybridized carbons (Fsp3) is 0.273. The summed E-state index contributed by atoms with van der Waals surface area (Å²) in [5.74, 6) is 0.250. The highest BCUT2D eigenvalue weighted by molar-refractivity contribution is 6.31. The predicted octanol–water partition coefficient (Wildman–Crippen LogP) is 2.98. The minimum atomic E-state index is -0.490. The molecule has 1 heterocycles. The Kier molecular flexibility index (Phi) is 3.57. The first-order valence-electron chi connectivity index (χ1n) is 5.36. The highest BCUT2D eigenvalue weighted by Gasteiger charge is 2.12. The zero-order chi connectivity index (χ0) is 13.1. The Morgan fingerprint density at radius 1 is 1.39 bits per heavy atom. The largest absolute Gasteiger partial charge is 0.475 e. The topological polar surface area (TPSA) is 78.2 Å². The lowest BCUT2D eigenvalue weighted by Gasteiger charge is -2.06. The normalized spacial score (nSPS) is 10.6. The van der Waals surface area contributed by atoms with Crippen LogP contribution < -0.4 is 4.74 Å². The fourth-order valence-electron chi connectivity index (χ4n) is 1.41. The van der Waals surface area contributed by atoms with Crippen LogP contribution in [-0.4, -0.2) is 21.5 Å². The number of aromatic nitrogens is 2. The molecule has 0 fully saturated rings. The van der Waals surface area contributed by atoms with E-state index in [2.05, 4.69) is 9.97 Å². The third kappa shape index (κ3) is 2.48. The Balaban J connectivity index is 2.46. The minimum absolute atomic E-state index is 0.0462. The lowest BCUT2D eigenvalue weighted by atomic mass is 10.2. The molecule has 0 saturated heterocycles. The van der Waals surface area contributed by atoms with Crippen LogP contribution in [0.5, 0.6) is 5.88 Å². The van der Waals surface area contributed by atoms with Gasteiger partial charge in [-0.2, -0.15) is 0 Å². The molecule has 1 aromatic carbocycles. The van der Waals surface area contributed by atoms with Crippen LogP contribution in [0.2, 0.25) is 5.15 Å². The van der Waals surface area contributed by atoms with Gasteiger partial charge in [-0.25, -0.2) is 9.97 Å². The van der Waals surface area contributed by atoms with Crippen molar-refractivity contribution in [2.45, 2.75) is 13.3 Å². The Labute approximate surface area is 108 Å². The maximum atomic E-state index is 10.6. The van der Waals surface area contributed by atoms with E-state index in [0.717, 1.165) is 6.42 Å². The molecule has 0 aliphatic carbocycles. The first-order chi connectivity index (χ1) is 8.61. The van der Waals surface area contributed by atoms with E-state index >= 15 is 0 Å². The summed E-state index contributed by atoms with van der Waals surface area (Å²) in [6.07, 6.45) is 0.830. The number of benzene rings is 1. The Bertz CT molecular complexity index is 603. The van der Waals surface area contributed by atoms with Crippen molar-refractivity contribution < 1.29 is 9.66 Å². The van der Waals surface area contributed by atoms with Crippen LogP contribution in [0.4, 0.5) is 5.69 Å².